The molecule has 3 nitrogen and oxygen atoms in total. The molecule has 1 aromatic rings. The summed E-state index contributed by atoms with van der Waals surface area (Å²) in [6.07, 6.45) is 2.85. The molecule has 1 amide bonds. The van der Waals surface area contributed by atoms with E-state index in [-0.39, 0.29) is 16.6 Å². The Morgan fingerprint density at radius 3 is 2.74 bits per heavy atom. The summed E-state index contributed by atoms with van der Waals surface area (Å²) in [4.78, 5) is 13.7. The van der Waals surface area contributed by atoms with Crippen molar-refractivity contribution in [3.63, 3.8) is 0 Å². The van der Waals surface area contributed by atoms with Crippen molar-refractivity contribution in [2.75, 3.05) is 7.05 Å². The van der Waals surface area contributed by atoms with Crippen LogP contribution in [0.2, 0.25) is 5.02 Å². The molecular formula is C14H17ClFNO2. The van der Waals surface area contributed by atoms with E-state index in [9.17, 15) is 14.3 Å². The highest BCUT2D eigenvalue weighted by atomic mass is 35.5. The molecule has 0 bridgehead atoms. The lowest BCUT2D eigenvalue weighted by molar-refractivity contribution is 0.0265. The maximum absolute atomic E-state index is 13.7. The normalized spacial score (nSPS) is 23.2. The number of carbonyl (C=O) groups excluding carboxylic acids is 1. The molecule has 5 heteroatoms. The van der Waals surface area contributed by atoms with Gasteiger partial charge in [0.1, 0.15) is 5.82 Å². The van der Waals surface area contributed by atoms with Crippen molar-refractivity contribution in [1.29, 1.82) is 0 Å². The summed E-state index contributed by atoms with van der Waals surface area (Å²) in [5.74, 6) is -1.05. The number of hydrogen-bond acceptors (Lipinski definition) is 2. The van der Waals surface area contributed by atoms with E-state index in [1.54, 1.807) is 7.05 Å². The Hall–Kier alpha value is -1.13. The first-order chi connectivity index (χ1) is 9.00. The zero-order chi connectivity index (χ0) is 14.0. The molecular weight excluding hydrogens is 269 g/mol. The number of likely N-dealkylation sites (N-methyl/N-ethyl adjacent to an activating group) is 1. The zero-order valence-electron chi connectivity index (χ0n) is 10.8. The van der Waals surface area contributed by atoms with E-state index in [0.29, 0.717) is 6.42 Å². The molecule has 1 aliphatic rings. The first kappa shape index (κ1) is 14.3. The third kappa shape index (κ3) is 3.07. The Labute approximate surface area is 117 Å². The van der Waals surface area contributed by atoms with Crippen LogP contribution < -0.4 is 0 Å². The minimum atomic E-state index is -0.630. The number of aliphatic hydroxyl groups excluding tert-OH is 1. The molecule has 0 unspecified atom stereocenters. The highest BCUT2D eigenvalue weighted by Gasteiger charge is 2.30. The molecule has 2 atom stereocenters. The first-order valence-electron chi connectivity index (χ1n) is 6.41. The predicted octanol–water partition coefficient (Wildman–Crippen LogP) is 2.85. The molecule has 1 fully saturated rings. The monoisotopic (exact) mass is 285 g/mol. The third-order valence-corrected chi connectivity index (χ3v) is 3.91. The summed E-state index contributed by atoms with van der Waals surface area (Å²) in [5.41, 5.74) is -0.00956. The lowest BCUT2D eigenvalue weighted by atomic mass is 9.91. The number of aliphatic hydroxyl groups is 1. The van der Waals surface area contributed by atoms with Crippen LogP contribution in [0.15, 0.2) is 18.2 Å². The lowest BCUT2D eigenvalue weighted by Gasteiger charge is -2.35. The summed E-state index contributed by atoms with van der Waals surface area (Å²) in [6, 6.07) is 3.76. The maximum atomic E-state index is 13.7. The fourth-order valence-corrected chi connectivity index (χ4v) is 2.71. The smallest absolute Gasteiger partial charge is 0.256 e. The van der Waals surface area contributed by atoms with Gasteiger partial charge in [0.05, 0.1) is 17.7 Å². The van der Waals surface area contributed by atoms with Gasteiger partial charge in [-0.3, -0.25) is 4.79 Å². The topological polar surface area (TPSA) is 40.5 Å². The highest BCUT2D eigenvalue weighted by molar-refractivity contribution is 6.30. The standard InChI is InChI=1S/C14H17ClFNO2/c1-17(12-4-2-3-5-13(12)18)14(19)10-7-6-9(15)8-11(10)16/h6-8,12-13,18H,2-5H2,1H3/t12-,13-/m0/s1. The van der Waals surface area contributed by atoms with Gasteiger partial charge in [-0.25, -0.2) is 4.39 Å². The summed E-state index contributed by atoms with van der Waals surface area (Å²) in [7, 11) is 1.61. The minimum absolute atomic E-state index is 0.00956. The van der Waals surface area contributed by atoms with Crippen molar-refractivity contribution in [1.82, 2.24) is 4.90 Å². The molecule has 1 saturated carbocycles. The van der Waals surface area contributed by atoms with Gasteiger partial charge >= 0.3 is 0 Å². The van der Waals surface area contributed by atoms with E-state index in [1.165, 1.54) is 17.0 Å². The van der Waals surface area contributed by atoms with Gasteiger partial charge in [-0.2, -0.15) is 0 Å². The molecule has 1 aliphatic carbocycles. The van der Waals surface area contributed by atoms with E-state index in [1.807, 2.05) is 0 Å². The SMILES string of the molecule is CN(C(=O)c1ccc(Cl)cc1F)[C@H]1CCCC[C@@H]1O. The fraction of sp³-hybridized carbons (Fsp3) is 0.500. The van der Waals surface area contributed by atoms with Crippen LogP contribution in [0, 0.1) is 5.82 Å². The number of halogens is 2. The minimum Gasteiger partial charge on any atom is -0.391 e. The average molecular weight is 286 g/mol. The Kier molecular flexibility index (Phi) is 4.42. The van der Waals surface area contributed by atoms with Gasteiger partial charge in [-0.05, 0) is 31.0 Å². The van der Waals surface area contributed by atoms with Crippen LogP contribution in [0.5, 0.6) is 0 Å². The molecule has 0 aromatic heterocycles. The van der Waals surface area contributed by atoms with Gasteiger partial charge in [0.15, 0.2) is 0 Å². The van der Waals surface area contributed by atoms with Crippen molar-refractivity contribution in [2.24, 2.45) is 0 Å². The van der Waals surface area contributed by atoms with Crippen LogP contribution in [-0.2, 0) is 0 Å². The number of benzene rings is 1. The summed E-state index contributed by atoms with van der Waals surface area (Å²) in [6.45, 7) is 0. The number of carbonyl (C=O) groups is 1. The fourth-order valence-electron chi connectivity index (χ4n) is 2.55. The average Bonchev–Trinajstić information content (AvgIpc) is 2.38. The van der Waals surface area contributed by atoms with Crippen LogP contribution in [0.3, 0.4) is 0 Å². The quantitative estimate of drug-likeness (QED) is 0.908. The Morgan fingerprint density at radius 2 is 2.11 bits per heavy atom. The summed E-state index contributed by atoms with van der Waals surface area (Å²) >= 11 is 5.67. The second-order valence-electron chi connectivity index (χ2n) is 4.96. The van der Waals surface area contributed by atoms with Gasteiger partial charge in [-0.15, -0.1) is 0 Å². The third-order valence-electron chi connectivity index (χ3n) is 3.67. The Bertz CT molecular complexity index is 481. The predicted molar refractivity (Wildman–Crippen MR) is 71.8 cm³/mol. The molecule has 19 heavy (non-hydrogen) atoms. The molecule has 1 N–H and O–H groups in total. The molecule has 104 valence electrons. The molecule has 0 saturated heterocycles. The molecule has 0 heterocycles. The van der Waals surface area contributed by atoms with Gasteiger partial charge in [0, 0.05) is 12.1 Å². The highest BCUT2D eigenvalue weighted by Crippen LogP contribution is 2.24. The van der Waals surface area contributed by atoms with Gasteiger partial charge in [0.2, 0.25) is 0 Å². The summed E-state index contributed by atoms with van der Waals surface area (Å²) in [5, 5.41) is 10.2. The van der Waals surface area contributed by atoms with E-state index in [4.69, 9.17) is 11.6 Å². The second kappa shape index (κ2) is 5.88. The van der Waals surface area contributed by atoms with Crippen molar-refractivity contribution in [3.8, 4) is 0 Å². The van der Waals surface area contributed by atoms with Crippen molar-refractivity contribution < 1.29 is 14.3 Å². The van der Waals surface area contributed by atoms with E-state index >= 15 is 0 Å². The number of rotatable bonds is 2. The van der Waals surface area contributed by atoms with Gasteiger partial charge < -0.3 is 10.0 Å². The van der Waals surface area contributed by atoms with Crippen LogP contribution >= 0.6 is 11.6 Å². The zero-order valence-corrected chi connectivity index (χ0v) is 11.5. The van der Waals surface area contributed by atoms with E-state index in [2.05, 4.69) is 0 Å². The van der Waals surface area contributed by atoms with Crippen molar-refractivity contribution in [3.05, 3.63) is 34.6 Å². The number of nitrogens with zero attached hydrogens (tertiary/aromatic N) is 1. The second-order valence-corrected chi connectivity index (χ2v) is 5.40. The van der Waals surface area contributed by atoms with Crippen LogP contribution in [0.25, 0.3) is 0 Å². The van der Waals surface area contributed by atoms with Gasteiger partial charge in [0.25, 0.3) is 5.91 Å². The van der Waals surface area contributed by atoms with Crippen molar-refractivity contribution in [2.45, 2.75) is 37.8 Å². The van der Waals surface area contributed by atoms with Crippen molar-refractivity contribution >= 4 is 17.5 Å². The largest absolute Gasteiger partial charge is 0.391 e. The first-order valence-corrected chi connectivity index (χ1v) is 6.79. The van der Waals surface area contributed by atoms with E-state index in [0.717, 1.165) is 25.3 Å². The molecule has 0 spiro atoms. The maximum Gasteiger partial charge on any atom is 0.256 e. The molecule has 0 aliphatic heterocycles. The van der Waals surface area contributed by atoms with Crippen LogP contribution in [0.1, 0.15) is 36.0 Å². The molecule has 2 rings (SSSR count). The molecule has 1 aromatic carbocycles. The lowest BCUT2D eigenvalue weighted by Crippen LogP contribution is -2.46. The van der Waals surface area contributed by atoms with Crippen LogP contribution in [0.4, 0.5) is 4.39 Å². The number of hydrogen-bond donors (Lipinski definition) is 1. The van der Waals surface area contributed by atoms with E-state index < -0.39 is 17.8 Å². The Morgan fingerprint density at radius 1 is 1.42 bits per heavy atom. The molecule has 0 radical (unpaired) electrons. The van der Waals surface area contributed by atoms with Crippen LogP contribution in [-0.4, -0.2) is 35.1 Å². The Balaban J connectivity index is 2.18. The number of amides is 1. The summed E-state index contributed by atoms with van der Waals surface area (Å²) < 4.78 is 13.7. The van der Waals surface area contributed by atoms with Gasteiger partial charge in [-0.1, -0.05) is 24.4 Å².